The zero-order chi connectivity index (χ0) is 18.2. The second-order valence-corrected chi connectivity index (χ2v) is 5.23. The summed E-state index contributed by atoms with van der Waals surface area (Å²) in [5.74, 6) is -3.41. The summed E-state index contributed by atoms with van der Waals surface area (Å²) in [6.45, 7) is 4.52. The third-order valence-electron chi connectivity index (χ3n) is 2.88. The lowest BCUT2D eigenvalue weighted by Gasteiger charge is -2.27. The summed E-state index contributed by atoms with van der Waals surface area (Å²) < 4.78 is 31.7. The number of carboxylic acids is 2. The first-order chi connectivity index (χ1) is 10.5. The molecule has 0 fully saturated rings. The second kappa shape index (κ2) is 9.14. The van der Waals surface area contributed by atoms with Gasteiger partial charge in [0, 0.05) is 6.54 Å². The van der Waals surface area contributed by atoms with Crippen molar-refractivity contribution in [2.24, 2.45) is 5.92 Å². The fourth-order valence-corrected chi connectivity index (χ4v) is 1.95. The van der Waals surface area contributed by atoms with Crippen LogP contribution in [0, 0.1) is 5.92 Å². The van der Waals surface area contributed by atoms with Crippen molar-refractivity contribution in [1.29, 1.82) is 0 Å². The summed E-state index contributed by atoms with van der Waals surface area (Å²) in [6, 6.07) is 9.48. The van der Waals surface area contributed by atoms with E-state index in [0.29, 0.717) is 6.54 Å². The van der Waals surface area contributed by atoms with E-state index in [4.69, 9.17) is 15.0 Å². The van der Waals surface area contributed by atoms with Crippen LogP contribution in [0.25, 0.3) is 0 Å². The van der Waals surface area contributed by atoms with E-state index < -0.39 is 24.2 Å². The summed E-state index contributed by atoms with van der Waals surface area (Å²) in [5, 5.41) is 16.3. The summed E-state index contributed by atoms with van der Waals surface area (Å²) in [5.41, 5.74) is 1.14. The fourth-order valence-electron chi connectivity index (χ4n) is 1.95. The highest BCUT2D eigenvalue weighted by Crippen LogP contribution is 2.13. The van der Waals surface area contributed by atoms with Gasteiger partial charge in [0.2, 0.25) is 0 Å². The average molecular weight is 335 g/mol. The van der Waals surface area contributed by atoms with Gasteiger partial charge in [0.05, 0.1) is 0 Å². The molecule has 0 radical (unpaired) electrons. The van der Waals surface area contributed by atoms with Crippen molar-refractivity contribution in [1.82, 2.24) is 4.90 Å². The van der Waals surface area contributed by atoms with Gasteiger partial charge in [-0.25, -0.2) is 4.79 Å². The molecule has 2 N–H and O–H groups in total. The van der Waals surface area contributed by atoms with E-state index in [0.717, 1.165) is 5.56 Å². The maximum absolute atomic E-state index is 11.1. The molecule has 1 unspecified atom stereocenters. The molecule has 5 nitrogen and oxygen atoms in total. The van der Waals surface area contributed by atoms with Gasteiger partial charge in [-0.3, -0.25) is 9.69 Å². The number of hydrogen-bond acceptors (Lipinski definition) is 3. The van der Waals surface area contributed by atoms with Crippen molar-refractivity contribution in [3.63, 3.8) is 0 Å². The second-order valence-electron chi connectivity index (χ2n) is 5.23. The molecule has 130 valence electrons. The van der Waals surface area contributed by atoms with E-state index in [1.54, 1.807) is 0 Å². The van der Waals surface area contributed by atoms with Gasteiger partial charge in [-0.2, -0.15) is 13.2 Å². The summed E-state index contributed by atoms with van der Waals surface area (Å²) in [7, 11) is 1.85. The molecule has 1 rings (SSSR count). The number of rotatable bonds is 5. The summed E-state index contributed by atoms with van der Waals surface area (Å²) >= 11 is 0. The lowest BCUT2D eigenvalue weighted by atomic mass is 10.0. The number of halogens is 3. The highest BCUT2D eigenvalue weighted by molar-refractivity contribution is 5.73. The first kappa shape index (κ1) is 20.9. The number of likely N-dealkylation sites (N-methyl/N-ethyl adjacent to an activating group) is 1. The van der Waals surface area contributed by atoms with Gasteiger partial charge in [-0.15, -0.1) is 0 Å². The smallest absolute Gasteiger partial charge is 0.480 e. The average Bonchev–Trinajstić information content (AvgIpc) is 2.38. The predicted octanol–water partition coefficient (Wildman–Crippen LogP) is 2.86. The monoisotopic (exact) mass is 335 g/mol. The summed E-state index contributed by atoms with van der Waals surface area (Å²) in [6.07, 6.45) is -5.08. The molecule has 0 aliphatic rings. The number of aliphatic carboxylic acids is 2. The van der Waals surface area contributed by atoms with Crippen LogP contribution in [0.15, 0.2) is 30.3 Å². The van der Waals surface area contributed by atoms with Crippen LogP contribution >= 0.6 is 0 Å². The van der Waals surface area contributed by atoms with Crippen LogP contribution in [0.2, 0.25) is 0 Å². The number of carbonyl (C=O) groups is 2. The standard InChI is InChI=1S/C13H19NO2.C2HF3O2/c1-10(2)12(13(15)16)14(3)9-11-7-5-4-6-8-11;3-2(4,5)1(6)7/h4-8,10,12H,9H2,1-3H3,(H,15,16);(H,6,7). The Kier molecular flexibility index (Phi) is 8.31. The number of carboxylic acid groups (broad SMARTS) is 2. The Balaban J connectivity index is 0.000000585. The minimum atomic E-state index is -5.08. The van der Waals surface area contributed by atoms with Crippen LogP contribution in [-0.4, -0.2) is 46.3 Å². The van der Waals surface area contributed by atoms with Crippen molar-refractivity contribution in [3.05, 3.63) is 35.9 Å². The Morgan fingerprint density at radius 1 is 1.13 bits per heavy atom. The maximum atomic E-state index is 11.1. The van der Waals surface area contributed by atoms with Crippen molar-refractivity contribution < 1.29 is 33.0 Å². The first-order valence-corrected chi connectivity index (χ1v) is 6.73. The van der Waals surface area contributed by atoms with Crippen LogP contribution in [0.4, 0.5) is 13.2 Å². The Bertz CT molecular complexity index is 503. The number of nitrogens with zero attached hydrogens (tertiary/aromatic N) is 1. The lowest BCUT2D eigenvalue weighted by Crippen LogP contribution is -2.41. The van der Waals surface area contributed by atoms with Crippen LogP contribution in [0.3, 0.4) is 0 Å². The normalized spacial score (nSPS) is 12.5. The third kappa shape index (κ3) is 8.20. The number of benzene rings is 1. The molecule has 0 aliphatic heterocycles. The highest BCUT2D eigenvalue weighted by atomic mass is 19.4. The van der Waals surface area contributed by atoms with Crippen molar-refractivity contribution >= 4 is 11.9 Å². The van der Waals surface area contributed by atoms with E-state index in [1.807, 2.05) is 56.1 Å². The molecule has 0 aromatic heterocycles. The molecular weight excluding hydrogens is 315 g/mol. The molecule has 0 spiro atoms. The molecule has 0 saturated heterocycles. The van der Waals surface area contributed by atoms with Crippen molar-refractivity contribution in [3.8, 4) is 0 Å². The van der Waals surface area contributed by atoms with Crippen LogP contribution < -0.4 is 0 Å². The maximum Gasteiger partial charge on any atom is 0.490 e. The highest BCUT2D eigenvalue weighted by Gasteiger charge is 2.38. The van der Waals surface area contributed by atoms with E-state index in [-0.39, 0.29) is 5.92 Å². The first-order valence-electron chi connectivity index (χ1n) is 6.73. The number of hydrogen-bond donors (Lipinski definition) is 2. The topological polar surface area (TPSA) is 77.8 Å². The Morgan fingerprint density at radius 3 is 1.87 bits per heavy atom. The van der Waals surface area contributed by atoms with E-state index in [9.17, 15) is 18.0 Å². The third-order valence-corrected chi connectivity index (χ3v) is 2.88. The Labute approximate surface area is 132 Å². The van der Waals surface area contributed by atoms with Gasteiger partial charge in [-0.1, -0.05) is 44.2 Å². The van der Waals surface area contributed by atoms with Crippen molar-refractivity contribution in [2.45, 2.75) is 32.6 Å². The minimum Gasteiger partial charge on any atom is -0.480 e. The molecule has 0 amide bonds. The minimum absolute atomic E-state index is 0.103. The molecule has 0 heterocycles. The molecule has 0 bridgehead atoms. The Morgan fingerprint density at radius 2 is 1.57 bits per heavy atom. The van der Waals surface area contributed by atoms with Gasteiger partial charge >= 0.3 is 18.1 Å². The molecule has 1 aromatic carbocycles. The van der Waals surface area contributed by atoms with Crippen LogP contribution in [-0.2, 0) is 16.1 Å². The molecule has 23 heavy (non-hydrogen) atoms. The Hall–Kier alpha value is -2.09. The summed E-state index contributed by atoms with van der Waals surface area (Å²) in [4.78, 5) is 21.9. The van der Waals surface area contributed by atoms with E-state index in [2.05, 4.69) is 0 Å². The number of alkyl halides is 3. The van der Waals surface area contributed by atoms with Gasteiger partial charge in [0.25, 0.3) is 0 Å². The molecule has 1 atom stereocenters. The molecule has 0 aliphatic carbocycles. The van der Waals surface area contributed by atoms with Gasteiger partial charge in [0.1, 0.15) is 6.04 Å². The molecular formula is C15H20F3NO4. The molecule has 0 saturated carbocycles. The predicted molar refractivity (Wildman–Crippen MR) is 77.9 cm³/mol. The van der Waals surface area contributed by atoms with Crippen LogP contribution in [0.1, 0.15) is 19.4 Å². The van der Waals surface area contributed by atoms with Crippen molar-refractivity contribution in [2.75, 3.05) is 7.05 Å². The zero-order valence-electron chi connectivity index (χ0n) is 13.0. The van der Waals surface area contributed by atoms with Gasteiger partial charge < -0.3 is 10.2 Å². The van der Waals surface area contributed by atoms with Gasteiger partial charge in [-0.05, 0) is 18.5 Å². The SMILES string of the molecule is CC(C)C(C(=O)O)N(C)Cc1ccccc1.O=C(O)C(F)(F)F. The molecule has 8 heteroatoms. The quantitative estimate of drug-likeness (QED) is 0.865. The van der Waals surface area contributed by atoms with Gasteiger partial charge in [0.15, 0.2) is 0 Å². The van der Waals surface area contributed by atoms with Crippen LogP contribution in [0.5, 0.6) is 0 Å². The lowest BCUT2D eigenvalue weighted by molar-refractivity contribution is -0.192. The van der Waals surface area contributed by atoms with E-state index >= 15 is 0 Å². The zero-order valence-corrected chi connectivity index (χ0v) is 13.0. The fraction of sp³-hybridized carbons (Fsp3) is 0.467. The molecule has 1 aromatic rings. The largest absolute Gasteiger partial charge is 0.490 e. The van der Waals surface area contributed by atoms with E-state index in [1.165, 1.54) is 0 Å².